The van der Waals surface area contributed by atoms with Crippen molar-refractivity contribution in [3.8, 4) is 18.1 Å². The summed E-state index contributed by atoms with van der Waals surface area (Å²) in [5.41, 5.74) is -2.19. The summed E-state index contributed by atoms with van der Waals surface area (Å²) in [7, 11) is -1.48. The van der Waals surface area contributed by atoms with Crippen LogP contribution in [0.15, 0.2) is 36.7 Å². The fourth-order valence-electron chi connectivity index (χ4n) is 4.03. The molecule has 0 saturated carbocycles. The van der Waals surface area contributed by atoms with Gasteiger partial charge in [0, 0.05) is 7.05 Å². The topological polar surface area (TPSA) is 159 Å². The van der Waals surface area contributed by atoms with E-state index in [1.807, 2.05) is 5.92 Å². The zero-order valence-corrected chi connectivity index (χ0v) is 22.5. The molecule has 15 heteroatoms. The number of aliphatic hydroxyl groups is 1. The van der Waals surface area contributed by atoms with Crippen molar-refractivity contribution in [3.05, 3.63) is 42.5 Å². The Bertz CT molecular complexity index is 1430. The fourth-order valence-corrected chi connectivity index (χ4v) is 5.53. The Labute approximate surface area is 223 Å². The van der Waals surface area contributed by atoms with Crippen molar-refractivity contribution in [2.75, 3.05) is 26.1 Å². The largest absolute Gasteiger partial charge is 0.468 e. The lowest BCUT2D eigenvalue weighted by atomic mass is 9.97. The minimum Gasteiger partial charge on any atom is -0.468 e. The third-order valence-corrected chi connectivity index (χ3v) is 7.62. The molecule has 1 saturated heterocycles. The van der Waals surface area contributed by atoms with Gasteiger partial charge in [-0.3, -0.25) is 13.9 Å². The first-order chi connectivity index (χ1) is 18.5. The Hall–Kier alpha value is -3.60. The van der Waals surface area contributed by atoms with Gasteiger partial charge in [0.05, 0.1) is 20.0 Å². The van der Waals surface area contributed by atoms with Gasteiger partial charge in [-0.05, 0) is 26.0 Å². The first-order valence-corrected chi connectivity index (χ1v) is 13.3. The van der Waals surface area contributed by atoms with E-state index in [0.717, 1.165) is 0 Å². The number of ether oxygens (including phenoxy) is 2. The van der Waals surface area contributed by atoms with Crippen LogP contribution in [0, 0.1) is 19.3 Å². The van der Waals surface area contributed by atoms with Gasteiger partial charge >= 0.3 is 13.7 Å². The number of fused-ring (bicyclic) bond motifs is 1. The first kappa shape index (κ1) is 28.4. The Morgan fingerprint density at radius 3 is 2.74 bits per heavy atom. The number of alkyl halides is 1. The Kier molecular flexibility index (Phi) is 8.20. The summed E-state index contributed by atoms with van der Waals surface area (Å²) in [6.45, 7) is 2.42. The average molecular weight is 562 g/mol. The standard InChI is InChI=1S/C24H28FN6O7P/c1-6-24(25)19(32)17(37-23(24)31-13-27-18-20(26-4)28-15(3)29-21(18)31)12-36-39(34,30-14(2)22(33)35-5)38-16-10-8-7-9-11-16/h1,7-11,13-14,17,19,23,32H,12H2,2-5H3,(H,30,34)(H,26,28,29)/t14-,17+,19+,23+,24+,39-/m0/s1. The van der Waals surface area contributed by atoms with E-state index >= 15 is 4.39 Å². The molecular weight excluding hydrogens is 534 g/mol. The highest BCUT2D eigenvalue weighted by atomic mass is 31.2. The van der Waals surface area contributed by atoms with Crippen molar-refractivity contribution in [2.45, 2.75) is 44.0 Å². The number of methoxy groups -OCH3 is 1. The van der Waals surface area contributed by atoms with Gasteiger partial charge in [-0.25, -0.2) is 23.9 Å². The molecule has 6 atom stereocenters. The van der Waals surface area contributed by atoms with Gasteiger partial charge in [0.25, 0.3) is 0 Å². The molecule has 4 rings (SSSR count). The van der Waals surface area contributed by atoms with Crippen LogP contribution in [-0.2, 0) is 23.4 Å². The highest BCUT2D eigenvalue weighted by molar-refractivity contribution is 7.52. The van der Waals surface area contributed by atoms with E-state index in [1.165, 1.54) is 37.1 Å². The summed E-state index contributed by atoms with van der Waals surface area (Å²) >= 11 is 0. The number of hydrogen-bond acceptors (Lipinski definition) is 11. The van der Waals surface area contributed by atoms with Crippen LogP contribution in [0.4, 0.5) is 10.2 Å². The number of terminal acetylenes is 1. The second-order valence-corrected chi connectivity index (χ2v) is 10.3. The first-order valence-electron chi connectivity index (χ1n) is 11.8. The number of aryl methyl sites for hydroxylation is 1. The van der Waals surface area contributed by atoms with Crippen LogP contribution in [0.25, 0.3) is 11.2 Å². The van der Waals surface area contributed by atoms with Crippen LogP contribution < -0.4 is 14.9 Å². The molecule has 3 aromatic rings. The third kappa shape index (κ3) is 5.59. The molecule has 3 heterocycles. The highest BCUT2D eigenvalue weighted by Gasteiger charge is 2.58. The smallest absolute Gasteiger partial charge is 0.459 e. The number of anilines is 1. The summed E-state index contributed by atoms with van der Waals surface area (Å²) in [4.78, 5) is 24.8. The number of carbonyl (C=O) groups is 1. The molecule has 0 unspecified atom stereocenters. The lowest BCUT2D eigenvalue weighted by molar-refractivity contribution is -0.142. The Morgan fingerprint density at radius 2 is 2.10 bits per heavy atom. The number of nitrogens with zero attached hydrogens (tertiary/aromatic N) is 4. The number of nitrogens with one attached hydrogen (secondary N) is 2. The van der Waals surface area contributed by atoms with Crippen LogP contribution in [-0.4, -0.2) is 75.3 Å². The highest BCUT2D eigenvalue weighted by Crippen LogP contribution is 2.48. The number of hydrogen-bond donors (Lipinski definition) is 3. The molecule has 1 aromatic carbocycles. The van der Waals surface area contributed by atoms with Crippen molar-refractivity contribution in [2.24, 2.45) is 0 Å². The number of imidazole rings is 1. The quantitative estimate of drug-likeness (QED) is 0.188. The van der Waals surface area contributed by atoms with Gasteiger partial charge in [-0.1, -0.05) is 24.1 Å². The number of para-hydroxylation sites is 1. The Morgan fingerprint density at radius 1 is 1.38 bits per heavy atom. The molecular formula is C24H28FN6O7P. The fraction of sp³-hybridized carbons (Fsp3) is 0.417. The molecule has 0 spiro atoms. The monoisotopic (exact) mass is 562 g/mol. The minimum atomic E-state index is -4.29. The normalized spacial score (nSPS) is 25.0. The summed E-state index contributed by atoms with van der Waals surface area (Å²) in [5, 5.41) is 16.2. The second kappa shape index (κ2) is 11.3. The van der Waals surface area contributed by atoms with E-state index in [2.05, 4.69) is 30.1 Å². The molecule has 208 valence electrons. The summed E-state index contributed by atoms with van der Waals surface area (Å²) < 4.78 is 52.5. The van der Waals surface area contributed by atoms with Gasteiger partial charge in [-0.15, -0.1) is 6.42 Å². The van der Waals surface area contributed by atoms with Crippen molar-refractivity contribution in [1.29, 1.82) is 0 Å². The number of halogens is 1. The molecule has 39 heavy (non-hydrogen) atoms. The number of carbonyl (C=O) groups excluding carboxylic acids is 1. The maximum atomic E-state index is 16.1. The van der Waals surface area contributed by atoms with Gasteiger partial charge in [0.1, 0.15) is 29.8 Å². The summed E-state index contributed by atoms with van der Waals surface area (Å²) in [6, 6.07) is 6.95. The van der Waals surface area contributed by atoms with Crippen molar-refractivity contribution in [3.63, 3.8) is 0 Å². The van der Waals surface area contributed by atoms with Gasteiger partial charge < -0.3 is 24.4 Å². The van der Waals surface area contributed by atoms with E-state index in [4.69, 9.17) is 20.2 Å². The van der Waals surface area contributed by atoms with E-state index in [-0.39, 0.29) is 11.4 Å². The SMILES string of the molecule is C#C[C@@]1(F)[C@H](O)[C@@H](CO[P@@](=O)(N[C@@H](C)C(=O)OC)Oc2ccccc2)O[C@H]1n1cnc2c(NC)nc(C)nc21. The molecule has 0 amide bonds. The van der Waals surface area contributed by atoms with E-state index in [1.54, 1.807) is 32.2 Å². The minimum absolute atomic E-state index is 0.167. The van der Waals surface area contributed by atoms with Crippen LogP contribution in [0.3, 0.4) is 0 Å². The Balaban J connectivity index is 1.61. The predicted molar refractivity (Wildman–Crippen MR) is 137 cm³/mol. The van der Waals surface area contributed by atoms with Crippen molar-refractivity contribution < 1.29 is 37.4 Å². The summed E-state index contributed by atoms with van der Waals surface area (Å²) in [6.07, 6.45) is 1.92. The van der Waals surface area contributed by atoms with Crippen molar-refractivity contribution in [1.82, 2.24) is 24.6 Å². The molecule has 0 radical (unpaired) electrons. The molecule has 3 N–H and O–H groups in total. The van der Waals surface area contributed by atoms with Crippen LogP contribution >= 0.6 is 7.75 Å². The van der Waals surface area contributed by atoms with Crippen LogP contribution in [0.5, 0.6) is 5.75 Å². The zero-order chi connectivity index (χ0) is 28.4. The zero-order valence-electron chi connectivity index (χ0n) is 21.6. The van der Waals surface area contributed by atoms with Crippen LogP contribution in [0.1, 0.15) is 19.0 Å². The number of benzene rings is 1. The van der Waals surface area contributed by atoms with Crippen LogP contribution in [0.2, 0.25) is 0 Å². The average Bonchev–Trinajstić information content (AvgIpc) is 3.45. The number of aliphatic hydroxyl groups excluding tert-OH is 1. The second-order valence-electron chi connectivity index (χ2n) is 8.65. The molecule has 1 aliphatic rings. The van der Waals surface area contributed by atoms with Gasteiger partial charge in [0.2, 0.25) is 5.67 Å². The number of rotatable bonds is 10. The molecule has 2 aromatic heterocycles. The molecule has 1 fully saturated rings. The lowest BCUT2D eigenvalue weighted by Crippen LogP contribution is -2.42. The van der Waals surface area contributed by atoms with E-state index < -0.39 is 50.5 Å². The molecule has 1 aliphatic heterocycles. The third-order valence-electron chi connectivity index (χ3n) is 5.97. The predicted octanol–water partition coefficient (Wildman–Crippen LogP) is 2.13. The van der Waals surface area contributed by atoms with Gasteiger partial charge in [-0.2, -0.15) is 5.09 Å². The van der Waals surface area contributed by atoms with E-state index in [9.17, 15) is 14.5 Å². The summed E-state index contributed by atoms with van der Waals surface area (Å²) in [5.74, 6) is 2.20. The van der Waals surface area contributed by atoms with Gasteiger partial charge in [0.15, 0.2) is 23.2 Å². The van der Waals surface area contributed by atoms with Crippen molar-refractivity contribution >= 4 is 30.7 Å². The van der Waals surface area contributed by atoms with E-state index in [0.29, 0.717) is 17.2 Å². The maximum absolute atomic E-state index is 16.1. The maximum Gasteiger partial charge on any atom is 0.459 e. The molecule has 13 nitrogen and oxygen atoms in total. The molecule has 0 bridgehead atoms. The number of aromatic nitrogens is 4. The molecule has 0 aliphatic carbocycles. The number of esters is 1. The lowest BCUT2D eigenvalue weighted by Gasteiger charge is -2.24.